The Kier molecular flexibility index (Phi) is 5.13. The van der Waals surface area contributed by atoms with Crippen molar-refractivity contribution in [3.63, 3.8) is 0 Å². The molecule has 1 aromatic carbocycles. The maximum absolute atomic E-state index is 13.5. The summed E-state index contributed by atoms with van der Waals surface area (Å²) in [5.74, 6) is -1.58. The third kappa shape index (κ3) is 3.64. The molecule has 0 aromatic heterocycles. The number of piperidine rings is 1. The quantitative estimate of drug-likeness (QED) is 0.923. The third-order valence-electron chi connectivity index (χ3n) is 4.68. The molecular weight excluding hydrogens is 299 g/mol. The number of hydrogen-bond donors (Lipinski definition) is 1. The molecule has 2 saturated heterocycles. The van der Waals surface area contributed by atoms with Crippen LogP contribution in [0, 0.1) is 5.82 Å². The monoisotopic (exact) mass is 322 g/mol. The van der Waals surface area contributed by atoms with E-state index < -0.39 is 11.6 Å². The fourth-order valence-corrected chi connectivity index (χ4v) is 3.38. The second-order valence-electron chi connectivity index (χ2n) is 6.20. The van der Waals surface area contributed by atoms with Gasteiger partial charge in [0.15, 0.2) is 11.6 Å². The van der Waals surface area contributed by atoms with E-state index >= 15 is 0 Å². The second-order valence-corrected chi connectivity index (χ2v) is 6.20. The Morgan fingerprint density at radius 1 is 1.26 bits per heavy atom. The molecule has 0 bridgehead atoms. The van der Waals surface area contributed by atoms with Crippen molar-refractivity contribution in [1.29, 1.82) is 0 Å². The number of phenols is 1. The highest BCUT2D eigenvalue weighted by Gasteiger charge is 2.31. The molecule has 2 heterocycles. The number of rotatable bonds is 3. The standard InChI is InChI=1S/C17H23FN2O3/c18-15-6-3-5-14(16(15)21)17(22)20-7-2-1-4-13(20)12-19-8-10-23-11-9-19/h3,5-6,13,21H,1-2,4,7-12H2/t13-/m1/s1. The van der Waals surface area contributed by atoms with Gasteiger partial charge in [-0.3, -0.25) is 9.69 Å². The van der Waals surface area contributed by atoms with Crippen molar-refractivity contribution in [3.05, 3.63) is 29.6 Å². The lowest BCUT2D eigenvalue weighted by Gasteiger charge is -2.39. The Morgan fingerprint density at radius 2 is 2.04 bits per heavy atom. The van der Waals surface area contributed by atoms with Crippen LogP contribution in [0.3, 0.4) is 0 Å². The summed E-state index contributed by atoms with van der Waals surface area (Å²) in [6.07, 6.45) is 2.98. The Balaban J connectivity index is 1.74. The summed E-state index contributed by atoms with van der Waals surface area (Å²) in [7, 11) is 0. The highest BCUT2D eigenvalue weighted by Crippen LogP contribution is 2.26. The topological polar surface area (TPSA) is 53.0 Å². The molecule has 2 aliphatic heterocycles. The smallest absolute Gasteiger partial charge is 0.258 e. The van der Waals surface area contributed by atoms with Crippen LogP contribution in [0.5, 0.6) is 5.75 Å². The molecule has 2 fully saturated rings. The van der Waals surface area contributed by atoms with Crippen molar-refractivity contribution in [3.8, 4) is 5.75 Å². The lowest BCUT2D eigenvalue weighted by Crippen LogP contribution is -2.51. The first-order valence-electron chi connectivity index (χ1n) is 8.25. The number of halogens is 1. The zero-order valence-corrected chi connectivity index (χ0v) is 13.2. The fraction of sp³-hybridized carbons (Fsp3) is 0.588. The second kappa shape index (κ2) is 7.27. The number of ether oxygens (including phenoxy) is 1. The number of carbonyl (C=O) groups is 1. The Morgan fingerprint density at radius 3 is 2.83 bits per heavy atom. The highest BCUT2D eigenvalue weighted by atomic mass is 19.1. The van der Waals surface area contributed by atoms with Crippen LogP contribution in [-0.4, -0.2) is 66.2 Å². The summed E-state index contributed by atoms with van der Waals surface area (Å²) in [5, 5.41) is 9.86. The van der Waals surface area contributed by atoms with Gasteiger partial charge in [0, 0.05) is 32.2 Å². The van der Waals surface area contributed by atoms with E-state index in [1.54, 1.807) is 4.90 Å². The largest absolute Gasteiger partial charge is 0.504 e. The van der Waals surface area contributed by atoms with Crippen LogP contribution >= 0.6 is 0 Å². The first-order chi connectivity index (χ1) is 11.2. The number of carbonyl (C=O) groups excluding carboxylic acids is 1. The van der Waals surface area contributed by atoms with Gasteiger partial charge in [-0.1, -0.05) is 6.07 Å². The minimum absolute atomic E-state index is 0.0545. The number of nitrogens with zero attached hydrogens (tertiary/aromatic N) is 2. The lowest BCUT2D eigenvalue weighted by molar-refractivity contribution is 0.0165. The number of morpholine rings is 1. The number of hydrogen-bond acceptors (Lipinski definition) is 4. The molecule has 1 amide bonds. The van der Waals surface area contributed by atoms with E-state index in [1.165, 1.54) is 12.1 Å². The van der Waals surface area contributed by atoms with Crippen molar-refractivity contribution in [2.45, 2.75) is 25.3 Å². The number of aromatic hydroxyl groups is 1. The maximum Gasteiger partial charge on any atom is 0.258 e. The molecule has 6 heteroatoms. The molecule has 5 nitrogen and oxygen atoms in total. The number of likely N-dealkylation sites (tertiary alicyclic amines) is 1. The molecule has 2 aliphatic rings. The molecule has 0 spiro atoms. The van der Waals surface area contributed by atoms with Gasteiger partial charge >= 0.3 is 0 Å². The average molecular weight is 322 g/mol. The highest BCUT2D eigenvalue weighted by molar-refractivity contribution is 5.97. The predicted octanol–water partition coefficient (Wildman–Crippen LogP) is 1.86. The molecule has 1 N–H and O–H groups in total. The average Bonchev–Trinajstić information content (AvgIpc) is 2.58. The van der Waals surface area contributed by atoms with Crippen LogP contribution in [-0.2, 0) is 4.74 Å². The summed E-state index contributed by atoms with van der Waals surface area (Å²) in [4.78, 5) is 16.9. The first-order valence-corrected chi connectivity index (χ1v) is 8.25. The van der Waals surface area contributed by atoms with Gasteiger partial charge < -0.3 is 14.7 Å². The summed E-state index contributed by atoms with van der Waals surface area (Å²) in [6, 6.07) is 4.22. The summed E-state index contributed by atoms with van der Waals surface area (Å²) >= 11 is 0. The van der Waals surface area contributed by atoms with Crippen molar-refractivity contribution in [2.75, 3.05) is 39.4 Å². The third-order valence-corrected chi connectivity index (χ3v) is 4.68. The molecule has 0 unspecified atom stereocenters. The number of para-hydroxylation sites is 1. The van der Waals surface area contributed by atoms with Gasteiger partial charge in [0.25, 0.3) is 5.91 Å². The Bertz CT molecular complexity index is 561. The maximum atomic E-state index is 13.5. The van der Waals surface area contributed by atoms with Crippen LogP contribution in [0.4, 0.5) is 4.39 Å². The molecule has 1 atom stereocenters. The Hall–Kier alpha value is -1.66. The zero-order valence-electron chi connectivity index (χ0n) is 13.2. The predicted molar refractivity (Wildman–Crippen MR) is 84.0 cm³/mol. The van der Waals surface area contributed by atoms with Crippen LogP contribution in [0.2, 0.25) is 0 Å². The first kappa shape index (κ1) is 16.2. The van der Waals surface area contributed by atoms with Gasteiger partial charge in [0.05, 0.1) is 18.8 Å². The molecule has 0 saturated carbocycles. The van der Waals surface area contributed by atoms with Gasteiger partial charge in [-0.15, -0.1) is 0 Å². The summed E-state index contributed by atoms with van der Waals surface area (Å²) < 4.78 is 18.9. The van der Waals surface area contributed by atoms with Gasteiger partial charge in [-0.25, -0.2) is 4.39 Å². The fourth-order valence-electron chi connectivity index (χ4n) is 3.38. The molecule has 3 rings (SSSR count). The van der Waals surface area contributed by atoms with Crippen LogP contribution < -0.4 is 0 Å². The molecule has 0 aliphatic carbocycles. The van der Waals surface area contributed by atoms with E-state index in [-0.39, 0.29) is 17.5 Å². The van der Waals surface area contributed by atoms with Gasteiger partial charge in [0.2, 0.25) is 0 Å². The van der Waals surface area contributed by atoms with E-state index in [0.29, 0.717) is 6.54 Å². The lowest BCUT2D eigenvalue weighted by atomic mass is 9.99. The molecular formula is C17H23FN2O3. The van der Waals surface area contributed by atoms with Crippen LogP contribution in [0.15, 0.2) is 18.2 Å². The number of phenolic OH excluding ortho intramolecular Hbond substituents is 1. The molecule has 23 heavy (non-hydrogen) atoms. The van der Waals surface area contributed by atoms with Gasteiger partial charge in [-0.05, 0) is 31.4 Å². The van der Waals surface area contributed by atoms with E-state index in [1.807, 2.05) is 0 Å². The van der Waals surface area contributed by atoms with E-state index in [4.69, 9.17) is 4.74 Å². The van der Waals surface area contributed by atoms with Crippen molar-refractivity contribution in [2.24, 2.45) is 0 Å². The van der Waals surface area contributed by atoms with Crippen LogP contribution in [0.1, 0.15) is 29.6 Å². The SMILES string of the molecule is O=C(c1cccc(F)c1O)N1CCCC[C@@H]1CN1CCOCC1. The van der Waals surface area contributed by atoms with Crippen molar-refractivity contribution >= 4 is 5.91 Å². The minimum Gasteiger partial charge on any atom is -0.504 e. The summed E-state index contributed by atoms with van der Waals surface area (Å²) in [6.45, 7) is 4.68. The van der Waals surface area contributed by atoms with Crippen molar-refractivity contribution in [1.82, 2.24) is 9.80 Å². The van der Waals surface area contributed by atoms with E-state index in [0.717, 1.165) is 58.2 Å². The zero-order chi connectivity index (χ0) is 16.2. The molecule has 126 valence electrons. The Labute approximate surface area is 135 Å². The molecule has 1 aromatic rings. The van der Waals surface area contributed by atoms with Gasteiger partial charge in [-0.2, -0.15) is 0 Å². The minimum atomic E-state index is -0.752. The summed E-state index contributed by atoms with van der Waals surface area (Å²) in [5.41, 5.74) is 0.0545. The number of benzene rings is 1. The van der Waals surface area contributed by atoms with E-state index in [9.17, 15) is 14.3 Å². The normalized spacial score (nSPS) is 23.0. The van der Waals surface area contributed by atoms with Crippen molar-refractivity contribution < 1.29 is 19.0 Å². The number of amides is 1. The van der Waals surface area contributed by atoms with Crippen LogP contribution in [0.25, 0.3) is 0 Å². The van der Waals surface area contributed by atoms with E-state index in [2.05, 4.69) is 4.90 Å². The molecule has 0 radical (unpaired) electrons. The van der Waals surface area contributed by atoms with Gasteiger partial charge in [0.1, 0.15) is 0 Å².